The van der Waals surface area contributed by atoms with Crippen molar-refractivity contribution in [2.24, 2.45) is 0 Å². The molecule has 0 saturated carbocycles. The minimum absolute atomic E-state index is 0.0463. The van der Waals surface area contributed by atoms with Crippen molar-refractivity contribution in [1.82, 2.24) is 19.2 Å². The maximum absolute atomic E-state index is 11.2. The van der Waals surface area contributed by atoms with Crippen molar-refractivity contribution in [3.8, 4) is 0 Å². The number of fused-ring (bicyclic) bond motifs is 1. The Hall–Kier alpha value is -3.20. The molecule has 1 N–H and O–H groups in total. The number of benzene rings is 3. The van der Waals surface area contributed by atoms with E-state index in [1.54, 1.807) is 0 Å². The average molecular weight is 504 g/mol. The highest BCUT2D eigenvalue weighted by molar-refractivity contribution is 7.88. The standard InChI is InChI=1S/C28H33N5O2S/c1-36(34,35)30-15-8-16-31-17-19-32(20-18-31)25-13-14-26-27(21-25)33(22-29-26)28(23-9-4-2-5-10-23)24-11-6-3-7-12-24/h2-7,9-14,21-22,28,30H,8,15-20H2,1H3. The number of hydrogen-bond acceptors (Lipinski definition) is 5. The van der Waals surface area contributed by atoms with Gasteiger partial charge in [-0.1, -0.05) is 60.7 Å². The molecule has 0 aliphatic carbocycles. The van der Waals surface area contributed by atoms with Gasteiger partial charge in [-0.3, -0.25) is 4.90 Å². The number of sulfonamides is 1. The van der Waals surface area contributed by atoms with E-state index in [0.717, 1.165) is 50.2 Å². The highest BCUT2D eigenvalue weighted by Gasteiger charge is 2.21. The molecule has 3 aromatic carbocycles. The summed E-state index contributed by atoms with van der Waals surface area (Å²) in [7, 11) is -3.11. The van der Waals surface area contributed by atoms with E-state index in [4.69, 9.17) is 4.98 Å². The number of nitrogens with zero attached hydrogens (tertiary/aromatic N) is 4. The lowest BCUT2D eigenvalue weighted by Crippen LogP contribution is -2.47. The molecule has 188 valence electrons. The molecule has 5 rings (SSSR count). The smallest absolute Gasteiger partial charge is 0.208 e. The number of aromatic nitrogens is 2. The summed E-state index contributed by atoms with van der Waals surface area (Å²) in [6, 6.07) is 27.8. The van der Waals surface area contributed by atoms with Crippen LogP contribution in [0.4, 0.5) is 5.69 Å². The van der Waals surface area contributed by atoms with E-state index in [1.165, 1.54) is 23.1 Å². The average Bonchev–Trinajstić information content (AvgIpc) is 3.31. The molecule has 0 radical (unpaired) electrons. The lowest BCUT2D eigenvalue weighted by atomic mass is 9.98. The van der Waals surface area contributed by atoms with Crippen LogP contribution in [-0.2, 0) is 10.0 Å². The Morgan fingerprint density at radius 1 is 0.889 bits per heavy atom. The van der Waals surface area contributed by atoms with E-state index in [1.807, 2.05) is 6.33 Å². The van der Waals surface area contributed by atoms with E-state index >= 15 is 0 Å². The summed E-state index contributed by atoms with van der Waals surface area (Å²) in [5.74, 6) is 0. The van der Waals surface area contributed by atoms with Crippen molar-refractivity contribution in [2.45, 2.75) is 12.5 Å². The molecule has 1 aliphatic heterocycles. The molecule has 1 aliphatic rings. The summed E-state index contributed by atoms with van der Waals surface area (Å²) < 4.78 is 27.4. The molecule has 0 atom stereocenters. The molecule has 36 heavy (non-hydrogen) atoms. The van der Waals surface area contributed by atoms with Crippen LogP contribution < -0.4 is 9.62 Å². The Kier molecular flexibility index (Phi) is 7.36. The maximum Gasteiger partial charge on any atom is 0.208 e. The van der Waals surface area contributed by atoms with Crippen LogP contribution in [0.25, 0.3) is 11.0 Å². The van der Waals surface area contributed by atoms with E-state index in [2.05, 4.69) is 98.0 Å². The number of anilines is 1. The summed E-state index contributed by atoms with van der Waals surface area (Å²) in [5.41, 5.74) is 5.79. The molecule has 0 amide bonds. The summed E-state index contributed by atoms with van der Waals surface area (Å²) in [6.07, 6.45) is 3.98. The van der Waals surface area contributed by atoms with Gasteiger partial charge in [-0.15, -0.1) is 0 Å². The summed E-state index contributed by atoms with van der Waals surface area (Å²) >= 11 is 0. The fourth-order valence-electron chi connectivity index (χ4n) is 4.99. The predicted octanol–water partition coefficient (Wildman–Crippen LogP) is 3.74. The minimum atomic E-state index is -3.11. The molecule has 0 spiro atoms. The highest BCUT2D eigenvalue weighted by atomic mass is 32.2. The molecule has 1 fully saturated rings. The van der Waals surface area contributed by atoms with Crippen LogP contribution in [0, 0.1) is 0 Å². The van der Waals surface area contributed by atoms with Crippen LogP contribution in [0.5, 0.6) is 0 Å². The number of hydrogen-bond donors (Lipinski definition) is 1. The first-order chi connectivity index (χ1) is 17.5. The summed E-state index contributed by atoms with van der Waals surface area (Å²) in [4.78, 5) is 9.57. The second kappa shape index (κ2) is 10.8. The van der Waals surface area contributed by atoms with Gasteiger partial charge in [0, 0.05) is 38.4 Å². The van der Waals surface area contributed by atoms with Gasteiger partial charge in [0.25, 0.3) is 0 Å². The molecule has 4 aromatic rings. The van der Waals surface area contributed by atoms with E-state index in [9.17, 15) is 8.42 Å². The normalized spacial score (nSPS) is 15.1. The van der Waals surface area contributed by atoms with Crippen LogP contribution in [0.2, 0.25) is 0 Å². The number of imidazole rings is 1. The van der Waals surface area contributed by atoms with E-state index in [0.29, 0.717) is 6.54 Å². The van der Waals surface area contributed by atoms with Gasteiger partial charge in [-0.25, -0.2) is 18.1 Å². The zero-order valence-electron chi connectivity index (χ0n) is 20.6. The first-order valence-corrected chi connectivity index (χ1v) is 14.4. The van der Waals surface area contributed by atoms with E-state index < -0.39 is 10.0 Å². The molecule has 7 nitrogen and oxygen atoms in total. The monoisotopic (exact) mass is 503 g/mol. The molecular weight excluding hydrogens is 470 g/mol. The van der Waals surface area contributed by atoms with Crippen LogP contribution >= 0.6 is 0 Å². The van der Waals surface area contributed by atoms with Crippen LogP contribution in [0.1, 0.15) is 23.6 Å². The van der Waals surface area contributed by atoms with Crippen molar-refractivity contribution in [2.75, 3.05) is 50.4 Å². The maximum atomic E-state index is 11.2. The third kappa shape index (κ3) is 5.78. The molecule has 0 unspecified atom stereocenters. The fraction of sp³-hybridized carbons (Fsp3) is 0.321. The Balaban J connectivity index is 1.34. The van der Waals surface area contributed by atoms with Crippen molar-refractivity contribution in [1.29, 1.82) is 0 Å². The van der Waals surface area contributed by atoms with Crippen LogP contribution in [0.3, 0.4) is 0 Å². The summed E-state index contributed by atoms with van der Waals surface area (Å²) in [6.45, 7) is 5.21. The predicted molar refractivity (Wildman–Crippen MR) is 146 cm³/mol. The van der Waals surface area contributed by atoms with Gasteiger partial charge in [0.1, 0.15) is 0 Å². The lowest BCUT2D eigenvalue weighted by molar-refractivity contribution is 0.255. The molecule has 2 heterocycles. The zero-order chi connectivity index (χ0) is 25.0. The Morgan fingerprint density at radius 3 is 2.14 bits per heavy atom. The first kappa shape index (κ1) is 24.5. The lowest BCUT2D eigenvalue weighted by Gasteiger charge is -2.36. The van der Waals surface area contributed by atoms with Gasteiger partial charge in [0.15, 0.2) is 0 Å². The van der Waals surface area contributed by atoms with Gasteiger partial charge < -0.3 is 9.47 Å². The Labute approximate surface area is 213 Å². The third-order valence-corrected chi connectivity index (χ3v) is 7.55. The molecular formula is C28H33N5O2S. The molecule has 1 aromatic heterocycles. The minimum Gasteiger partial charge on any atom is -0.369 e. The van der Waals surface area contributed by atoms with E-state index in [-0.39, 0.29) is 6.04 Å². The fourth-order valence-corrected chi connectivity index (χ4v) is 5.51. The highest BCUT2D eigenvalue weighted by Crippen LogP contribution is 2.31. The molecule has 8 heteroatoms. The van der Waals surface area contributed by atoms with Gasteiger partial charge in [-0.2, -0.15) is 0 Å². The van der Waals surface area contributed by atoms with Crippen molar-refractivity contribution < 1.29 is 8.42 Å². The number of rotatable bonds is 9. The number of piperazine rings is 1. The summed E-state index contributed by atoms with van der Waals surface area (Å²) in [5, 5.41) is 0. The van der Waals surface area contributed by atoms with Gasteiger partial charge in [0.05, 0.1) is 29.7 Å². The van der Waals surface area contributed by atoms with Gasteiger partial charge in [0.2, 0.25) is 10.0 Å². The SMILES string of the molecule is CS(=O)(=O)NCCCN1CCN(c2ccc3ncn(C(c4ccccc4)c4ccccc4)c3c2)CC1. The molecule has 0 bridgehead atoms. The van der Waals surface area contributed by atoms with Crippen molar-refractivity contribution in [3.63, 3.8) is 0 Å². The van der Waals surface area contributed by atoms with Gasteiger partial charge >= 0.3 is 0 Å². The van der Waals surface area contributed by atoms with Crippen LogP contribution in [-0.4, -0.2) is 68.4 Å². The second-order valence-electron chi connectivity index (χ2n) is 9.40. The first-order valence-electron chi connectivity index (χ1n) is 12.5. The van der Waals surface area contributed by atoms with Crippen molar-refractivity contribution >= 4 is 26.7 Å². The van der Waals surface area contributed by atoms with Crippen molar-refractivity contribution in [3.05, 3.63) is 96.3 Å². The third-order valence-electron chi connectivity index (χ3n) is 6.82. The zero-order valence-corrected chi connectivity index (χ0v) is 21.4. The van der Waals surface area contributed by atoms with Gasteiger partial charge in [-0.05, 0) is 42.3 Å². The second-order valence-corrected chi connectivity index (χ2v) is 11.2. The Morgan fingerprint density at radius 2 is 1.53 bits per heavy atom. The largest absolute Gasteiger partial charge is 0.369 e. The van der Waals surface area contributed by atoms with Crippen LogP contribution in [0.15, 0.2) is 85.2 Å². The molecule has 1 saturated heterocycles. The quantitative estimate of drug-likeness (QED) is 0.353. The number of nitrogens with one attached hydrogen (secondary N) is 1. The Bertz CT molecular complexity index is 1340. The topological polar surface area (TPSA) is 70.5 Å².